The number of nitrogens with one attached hydrogen (secondary N) is 1. The van der Waals surface area contributed by atoms with E-state index in [1.54, 1.807) is 14.2 Å². The summed E-state index contributed by atoms with van der Waals surface area (Å²) in [6, 6.07) is 12.1. The van der Waals surface area contributed by atoms with Gasteiger partial charge in [0.15, 0.2) is 11.5 Å². The van der Waals surface area contributed by atoms with E-state index in [1.165, 1.54) is 0 Å². The molecule has 26 heavy (non-hydrogen) atoms. The molecule has 2 aromatic rings. The van der Waals surface area contributed by atoms with E-state index in [0.29, 0.717) is 0 Å². The van der Waals surface area contributed by atoms with Crippen LogP contribution in [0.2, 0.25) is 0 Å². The fraction of sp³-hybridized carbons (Fsp3) is 0.400. The molecule has 0 radical (unpaired) electrons. The summed E-state index contributed by atoms with van der Waals surface area (Å²) in [5, 5.41) is 3.42. The number of nitrogens with zero attached hydrogens (tertiary/aromatic N) is 1. The molecule has 0 aliphatic carbocycles. The highest BCUT2D eigenvalue weighted by atomic mass is 16.7. The van der Waals surface area contributed by atoms with Crippen LogP contribution < -0.4 is 24.3 Å². The number of hydrogen-bond donors (Lipinski definition) is 1. The van der Waals surface area contributed by atoms with E-state index in [2.05, 4.69) is 22.3 Å². The second-order valence-electron chi connectivity index (χ2n) is 6.38. The summed E-state index contributed by atoms with van der Waals surface area (Å²) < 4.78 is 22.5. The molecule has 1 N–H and O–H groups in total. The Morgan fingerprint density at radius 1 is 0.962 bits per heavy atom. The van der Waals surface area contributed by atoms with Crippen molar-refractivity contribution in [3.05, 3.63) is 47.5 Å². The zero-order valence-corrected chi connectivity index (χ0v) is 15.2. The minimum Gasteiger partial charge on any atom is -0.496 e. The Morgan fingerprint density at radius 2 is 1.65 bits per heavy atom. The third kappa shape index (κ3) is 3.06. The fourth-order valence-electron chi connectivity index (χ4n) is 3.73. The smallest absolute Gasteiger partial charge is 0.231 e. The van der Waals surface area contributed by atoms with Gasteiger partial charge in [-0.1, -0.05) is 12.1 Å². The number of methoxy groups -OCH3 is 2. The molecule has 1 unspecified atom stereocenters. The highest BCUT2D eigenvalue weighted by Gasteiger charge is 2.30. The van der Waals surface area contributed by atoms with Gasteiger partial charge < -0.3 is 24.3 Å². The SMILES string of the molecule is COc1cccc(OC)c1C(c1ccc2c(c1)OCO2)N1CCNCC1. The lowest BCUT2D eigenvalue weighted by molar-refractivity contribution is 0.173. The average Bonchev–Trinajstić information content (AvgIpc) is 3.17. The van der Waals surface area contributed by atoms with Gasteiger partial charge in [0.25, 0.3) is 0 Å². The van der Waals surface area contributed by atoms with E-state index in [4.69, 9.17) is 18.9 Å². The van der Waals surface area contributed by atoms with Crippen molar-refractivity contribution in [3.63, 3.8) is 0 Å². The van der Waals surface area contributed by atoms with Crippen LogP contribution in [0.3, 0.4) is 0 Å². The first-order valence-electron chi connectivity index (χ1n) is 8.87. The van der Waals surface area contributed by atoms with Crippen LogP contribution >= 0.6 is 0 Å². The van der Waals surface area contributed by atoms with Crippen molar-refractivity contribution in [2.45, 2.75) is 6.04 Å². The molecule has 138 valence electrons. The molecule has 0 aromatic heterocycles. The monoisotopic (exact) mass is 356 g/mol. The lowest BCUT2D eigenvalue weighted by Gasteiger charge is -2.36. The molecule has 6 nitrogen and oxygen atoms in total. The molecule has 2 heterocycles. The molecule has 1 saturated heterocycles. The number of hydrogen-bond acceptors (Lipinski definition) is 6. The Balaban J connectivity index is 1.84. The maximum absolute atomic E-state index is 5.70. The maximum atomic E-state index is 5.70. The Morgan fingerprint density at radius 3 is 2.35 bits per heavy atom. The van der Waals surface area contributed by atoms with Gasteiger partial charge in [0, 0.05) is 26.2 Å². The molecule has 2 aliphatic rings. The normalized spacial score (nSPS) is 17.8. The molecule has 4 rings (SSSR count). The zero-order chi connectivity index (χ0) is 17.9. The average molecular weight is 356 g/mol. The highest BCUT2D eigenvalue weighted by molar-refractivity contribution is 5.53. The van der Waals surface area contributed by atoms with Crippen LogP contribution in [0.25, 0.3) is 0 Å². The molecular formula is C20H24N2O4. The Bertz CT molecular complexity index is 752. The summed E-state index contributed by atoms with van der Waals surface area (Å²) >= 11 is 0. The molecule has 1 fully saturated rings. The molecule has 2 aromatic carbocycles. The van der Waals surface area contributed by atoms with Gasteiger partial charge in [-0.3, -0.25) is 4.90 Å². The number of rotatable bonds is 5. The van der Waals surface area contributed by atoms with Crippen LogP contribution in [0.1, 0.15) is 17.2 Å². The van der Waals surface area contributed by atoms with Crippen LogP contribution in [0.15, 0.2) is 36.4 Å². The summed E-state index contributed by atoms with van der Waals surface area (Å²) in [6.07, 6.45) is 0. The predicted molar refractivity (Wildman–Crippen MR) is 98.4 cm³/mol. The molecule has 2 aliphatic heterocycles. The quantitative estimate of drug-likeness (QED) is 0.888. The van der Waals surface area contributed by atoms with Gasteiger partial charge in [-0.25, -0.2) is 0 Å². The topological polar surface area (TPSA) is 52.2 Å². The predicted octanol–water partition coefficient (Wildman–Crippen LogP) is 2.43. The summed E-state index contributed by atoms with van der Waals surface area (Å²) in [5.74, 6) is 3.23. The van der Waals surface area contributed by atoms with E-state index in [0.717, 1.165) is 60.3 Å². The maximum Gasteiger partial charge on any atom is 0.231 e. The Hall–Kier alpha value is -2.44. The molecule has 0 spiro atoms. The van der Waals surface area contributed by atoms with Crippen molar-refractivity contribution in [2.24, 2.45) is 0 Å². The van der Waals surface area contributed by atoms with Gasteiger partial charge >= 0.3 is 0 Å². The third-order valence-electron chi connectivity index (χ3n) is 4.97. The van der Waals surface area contributed by atoms with Crippen molar-refractivity contribution >= 4 is 0 Å². The lowest BCUT2D eigenvalue weighted by Crippen LogP contribution is -2.45. The second kappa shape index (κ2) is 7.43. The van der Waals surface area contributed by atoms with Gasteiger partial charge in [-0.05, 0) is 29.8 Å². The first-order chi connectivity index (χ1) is 12.8. The van der Waals surface area contributed by atoms with Crippen LogP contribution in [-0.4, -0.2) is 52.1 Å². The summed E-state index contributed by atoms with van der Waals surface area (Å²) in [7, 11) is 3.40. The van der Waals surface area contributed by atoms with Crippen LogP contribution in [0, 0.1) is 0 Å². The molecule has 1 atom stereocenters. The van der Waals surface area contributed by atoms with E-state index in [1.807, 2.05) is 24.3 Å². The van der Waals surface area contributed by atoms with Gasteiger partial charge in [-0.2, -0.15) is 0 Å². The molecular weight excluding hydrogens is 332 g/mol. The van der Waals surface area contributed by atoms with Crippen molar-refractivity contribution in [2.75, 3.05) is 47.2 Å². The first kappa shape index (κ1) is 17.0. The van der Waals surface area contributed by atoms with E-state index >= 15 is 0 Å². The van der Waals surface area contributed by atoms with Crippen LogP contribution in [0.4, 0.5) is 0 Å². The summed E-state index contributed by atoms with van der Waals surface area (Å²) in [5.41, 5.74) is 2.18. The van der Waals surface area contributed by atoms with E-state index < -0.39 is 0 Å². The number of fused-ring (bicyclic) bond motifs is 1. The minimum absolute atomic E-state index is 0.0118. The summed E-state index contributed by atoms with van der Waals surface area (Å²) in [6.45, 7) is 4.08. The van der Waals surface area contributed by atoms with Crippen LogP contribution in [0.5, 0.6) is 23.0 Å². The number of benzene rings is 2. The largest absolute Gasteiger partial charge is 0.496 e. The molecule has 0 amide bonds. The molecule has 6 heteroatoms. The van der Waals surface area contributed by atoms with Crippen molar-refractivity contribution < 1.29 is 18.9 Å². The minimum atomic E-state index is 0.0118. The van der Waals surface area contributed by atoms with Crippen molar-refractivity contribution in [3.8, 4) is 23.0 Å². The number of piperazine rings is 1. The van der Waals surface area contributed by atoms with Gasteiger partial charge in [-0.15, -0.1) is 0 Å². The lowest BCUT2D eigenvalue weighted by atomic mass is 9.94. The standard InChI is InChI=1S/C20H24N2O4/c1-23-16-4-3-5-17(24-2)19(16)20(22-10-8-21-9-11-22)14-6-7-15-18(12-14)26-13-25-15/h3-7,12,20-21H,8-11,13H2,1-2H3. The summed E-state index contributed by atoms with van der Waals surface area (Å²) in [4.78, 5) is 2.45. The zero-order valence-electron chi connectivity index (χ0n) is 15.2. The van der Waals surface area contributed by atoms with Crippen LogP contribution in [-0.2, 0) is 0 Å². The van der Waals surface area contributed by atoms with E-state index in [-0.39, 0.29) is 12.8 Å². The Kier molecular flexibility index (Phi) is 4.86. The van der Waals surface area contributed by atoms with Gasteiger partial charge in [0.2, 0.25) is 6.79 Å². The highest BCUT2D eigenvalue weighted by Crippen LogP contribution is 2.43. The fourth-order valence-corrected chi connectivity index (χ4v) is 3.73. The first-order valence-corrected chi connectivity index (χ1v) is 8.87. The van der Waals surface area contributed by atoms with E-state index in [9.17, 15) is 0 Å². The van der Waals surface area contributed by atoms with Gasteiger partial charge in [0.05, 0.1) is 25.8 Å². The number of ether oxygens (including phenoxy) is 4. The van der Waals surface area contributed by atoms with Gasteiger partial charge in [0.1, 0.15) is 11.5 Å². The van der Waals surface area contributed by atoms with Crippen molar-refractivity contribution in [1.82, 2.24) is 10.2 Å². The second-order valence-corrected chi connectivity index (χ2v) is 6.38. The van der Waals surface area contributed by atoms with Crippen molar-refractivity contribution in [1.29, 1.82) is 0 Å². The Labute approximate surface area is 153 Å². The third-order valence-corrected chi connectivity index (χ3v) is 4.97. The molecule has 0 saturated carbocycles. The molecule has 0 bridgehead atoms.